The second kappa shape index (κ2) is 9.00. The van der Waals surface area contributed by atoms with Gasteiger partial charge in [-0.2, -0.15) is 5.10 Å². The molecule has 0 aliphatic carbocycles. The Hall–Kier alpha value is -3.67. The number of amides is 2. The van der Waals surface area contributed by atoms with Crippen molar-refractivity contribution in [2.75, 3.05) is 5.32 Å². The number of hydrogen-bond acceptors (Lipinski definition) is 4. The SMILES string of the molecule is CC(=NNC(=O)c1ccc(C(C)(C)C)cc1)c1cccc(NC(=O)c2ccoc2C)c1. The first-order valence-corrected chi connectivity index (χ1v) is 10.1. The molecular weight excluding hydrogens is 390 g/mol. The fourth-order valence-corrected chi connectivity index (χ4v) is 3.03. The number of furan rings is 1. The Labute approximate surface area is 182 Å². The Morgan fingerprint density at radius 3 is 2.26 bits per heavy atom. The number of carbonyl (C=O) groups excluding carboxylic acids is 2. The number of aryl methyl sites for hydroxylation is 1. The quantitative estimate of drug-likeness (QED) is 0.437. The summed E-state index contributed by atoms with van der Waals surface area (Å²) < 4.78 is 5.18. The Morgan fingerprint density at radius 1 is 0.935 bits per heavy atom. The topological polar surface area (TPSA) is 83.7 Å². The van der Waals surface area contributed by atoms with E-state index in [9.17, 15) is 9.59 Å². The molecule has 0 saturated heterocycles. The van der Waals surface area contributed by atoms with Crippen molar-refractivity contribution in [3.63, 3.8) is 0 Å². The molecule has 0 saturated carbocycles. The maximum Gasteiger partial charge on any atom is 0.271 e. The Balaban J connectivity index is 1.67. The van der Waals surface area contributed by atoms with Gasteiger partial charge in [-0.05, 0) is 60.7 Å². The molecule has 31 heavy (non-hydrogen) atoms. The number of hydrogen-bond donors (Lipinski definition) is 2. The highest BCUT2D eigenvalue weighted by Crippen LogP contribution is 2.22. The zero-order chi connectivity index (χ0) is 22.6. The molecule has 3 rings (SSSR count). The lowest BCUT2D eigenvalue weighted by atomic mass is 9.87. The second-order valence-corrected chi connectivity index (χ2v) is 8.39. The fraction of sp³-hybridized carbons (Fsp3) is 0.240. The van der Waals surface area contributed by atoms with Gasteiger partial charge in [-0.25, -0.2) is 5.43 Å². The molecule has 0 bridgehead atoms. The highest BCUT2D eigenvalue weighted by Gasteiger charge is 2.14. The third kappa shape index (κ3) is 5.48. The average Bonchev–Trinajstić information content (AvgIpc) is 3.17. The zero-order valence-electron chi connectivity index (χ0n) is 18.4. The first kappa shape index (κ1) is 22.0. The molecule has 0 aliphatic rings. The van der Waals surface area contributed by atoms with E-state index < -0.39 is 0 Å². The van der Waals surface area contributed by atoms with Gasteiger partial charge in [-0.15, -0.1) is 0 Å². The molecular formula is C25H27N3O3. The lowest BCUT2D eigenvalue weighted by Crippen LogP contribution is -2.20. The molecule has 2 amide bonds. The van der Waals surface area contributed by atoms with Crippen molar-refractivity contribution in [2.24, 2.45) is 5.10 Å². The van der Waals surface area contributed by atoms with E-state index in [1.165, 1.54) is 6.26 Å². The van der Waals surface area contributed by atoms with Crippen LogP contribution in [-0.4, -0.2) is 17.5 Å². The molecule has 6 heteroatoms. The van der Waals surface area contributed by atoms with E-state index in [1.807, 2.05) is 24.3 Å². The van der Waals surface area contributed by atoms with E-state index in [0.717, 1.165) is 11.1 Å². The summed E-state index contributed by atoms with van der Waals surface area (Å²) >= 11 is 0. The summed E-state index contributed by atoms with van der Waals surface area (Å²) in [5.74, 6) is 0.0364. The average molecular weight is 418 g/mol. The Bertz CT molecular complexity index is 1120. The minimum absolute atomic E-state index is 0.0283. The monoisotopic (exact) mass is 417 g/mol. The zero-order valence-corrected chi connectivity index (χ0v) is 18.4. The van der Waals surface area contributed by atoms with Crippen molar-refractivity contribution >= 4 is 23.2 Å². The number of rotatable bonds is 5. The smallest absolute Gasteiger partial charge is 0.271 e. The molecule has 0 aliphatic heterocycles. The Morgan fingerprint density at radius 2 is 1.65 bits per heavy atom. The summed E-state index contributed by atoms with van der Waals surface area (Å²) in [6, 6.07) is 16.4. The second-order valence-electron chi connectivity index (χ2n) is 8.39. The van der Waals surface area contributed by atoms with Crippen molar-refractivity contribution in [1.82, 2.24) is 5.43 Å². The highest BCUT2D eigenvalue weighted by molar-refractivity contribution is 6.06. The molecule has 160 valence electrons. The lowest BCUT2D eigenvalue weighted by Gasteiger charge is -2.18. The summed E-state index contributed by atoms with van der Waals surface area (Å²) in [5.41, 5.74) is 6.84. The first-order chi connectivity index (χ1) is 14.6. The summed E-state index contributed by atoms with van der Waals surface area (Å²) in [7, 11) is 0. The van der Waals surface area contributed by atoms with Crippen LogP contribution in [0.1, 0.15) is 65.3 Å². The van der Waals surface area contributed by atoms with Crippen LogP contribution < -0.4 is 10.7 Å². The molecule has 0 unspecified atom stereocenters. The van der Waals surface area contributed by atoms with E-state index >= 15 is 0 Å². The molecule has 2 N–H and O–H groups in total. The van der Waals surface area contributed by atoms with E-state index in [-0.39, 0.29) is 17.2 Å². The highest BCUT2D eigenvalue weighted by atomic mass is 16.3. The van der Waals surface area contributed by atoms with Crippen molar-refractivity contribution in [3.8, 4) is 0 Å². The normalized spacial score (nSPS) is 11.8. The Kier molecular flexibility index (Phi) is 6.39. The van der Waals surface area contributed by atoms with Gasteiger partial charge in [0.1, 0.15) is 5.76 Å². The molecule has 1 heterocycles. The van der Waals surface area contributed by atoms with E-state index in [4.69, 9.17) is 4.42 Å². The molecule has 0 spiro atoms. The van der Waals surface area contributed by atoms with Gasteiger partial charge in [0.2, 0.25) is 0 Å². The van der Waals surface area contributed by atoms with Gasteiger partial charge in [-0.3, -0.25) is 9.59 Å². The maximum atomic E-state index is 12.4. The summed E-state index contributed by atoms with van der Waals surface area (Å²) in [6.07, 6.45) is 1.48. The predicted molar refractivity (Wildman–Crippen MR) is 123 cm³/mol. The van der Waals surface area contributed by atoms with Gasteiger partial charge < -0.3 is 9.73 Å². The molecule has 6 nitrogen and oxygen atoms in total. The molecule has 1 aromatic heterocycles. The molecule has 0 radical (unpaired) electrons. The van der Waals surface area contributed by atoms with Crippen molar-refractivity contribution < 1.29 is 14.0 Å². The minimum Gasteiger partial charge on any atom is -0.469 e. The van der Waals surface area contributed by atoms with E-state index in [0.29, 0.717) is 28.3 Å². The number of nitrogens with one attached hydrogen (secondary N) is 2. The largest absolute Gasteiger partial charge is 0.469 e. The van der Waals surface area contributed by atoms with Crippen LogP contribution in [0.4, 0.5) is 5.69 Å². The van der Waals surface area contributed by atoms with Gasteiger partial charge in [0, 0.05) is 11.3 Å². The van der Waals surface area contributed by atoms with Crippen LogP contribution in [0.2, 0.25) is 0 Å². The van der Waals surface area contributed by atoms with Crippen molar-refractivity contribution in [3.05, 3.63) is 88.9 Å². The number of hydrazone groups is 1. The number of nitrogens with zero attached hydrogens (tertiary/aromatic N) is 1. The van der Waals surface area contributed by atoms with Gasteiger partial charge in [0.05, 0.1) is 17.5 Å². The molecule has 0 atom stereocenters. The summed E-state index contributed by atoms with van der Waals surface area (Å²) in [6.45, 7) is 9.92. The molecule has 3 aromatic rings. The van der Waals surface area contributed by atoms with Gasteiger partial charge in [-0.1, -0.05) is 45.0 Å². The van der Waals surface area contributed by atoms with Crippen LogP contribution in [0.5, 0.6) is 0 Å². The summed E-state index contributed by atoms with van der Waals surface area (Å²) in [5, 5.41) is 7.06. The minimum atomic E-state index is -0.278. The maximum absolute atomic E-state index is 12.4. The standard InChI is InChI=1S/C25H27N3O3/c1-16(27-28-23(29)18-9-11-20(12-10-18)25(3,4)5)19-7-6-8-21(15-19)26-24(30)22-13-14-31-17(22)2/h6-15H,1-5H3,(H,26,30)(H,28,29). The van der Waals surface area contributed by atoms with Gasteiger partial charge in [0.15, 0.2) is 0 Å². The van der Waals surface area contributed by atoms with E-state index in [2.05, 4.69) is 36.6 Å². The fourth-order valence-electron chi connectivity index (χ4n) is 3.03. The van der Waals surface area contributed by atoms with Crippen LogP contribution in [0.25, 0.3) is 0 Å². The first-order valence-electron chi connectivity index (χ1n) is 10.1. The third-order valence-electron chi connectivity index (χ3n) is 4.98. The lowest BCUT2D eigenvalue weighted by molar-refractivity contribution is 0.0954. The van der Waals surface area contributed by atoms with Crippen molar-refractivity contribution in [2.45, 2.75) is 40.0 Å². The summed E-state index contributed by atoms with van der Waals surface area (Å²) in [4.78, 5) is 24.8. The van der Waals surface area contributed by atoms with Crippen LogP contribution in [-0.2, 0) is 5.41 Å². The third-order valence-corrected chi connectivity index (χ3v) is 4.98. The number of anilines is 1. The van der Waals surface area contributed by atoms with Gasteiger partial charge >= 0.3 is 0 Å². The van der Waals surface area contributed by atoms with Crippen LogP contribution in [0.15, 0.2) is 70.4 Å². The number of benzene rings is 2. The van der Waals surface area contributed by atoms with Crippen LogP contribution in [0.3, 0.4) is 0 Å². The predicted octanol–water partition coefficient (Wildman–Crippen LogP) is 5.29. The van der Waals surface area contributed by atoms with Crippen LogP contribution >= 0.6 is 0 Å². The number of carbonyl (C=O) groups is 2. The molecule has 0 fully saturated rings. The van der Waals surface area contributed by atoms with Gasteiger partial charge in [0.25, 0.3) is 11.8 Å². The molecule has 2 aromatic carbocycles. The van der Waals surface area contributed by atoms with Crippen LogP contribution in [0, 0.1) is 6.92 Å². The van der Waals surface area contributed by atoms with E-state index in [1.54, 1.807) is 44.2 Å². The van der Waals surface area contributed by atoms with Crippen molar-refractivity contribution in [1.29, 1.82) is 0 Å².